The first kappa shape index (κ1) is 19.6. The fourth-order valence-corrected chi connectivity index (χ4v) is 3.40. The SMILES string of the molecule is COc1ccccc1-c1c[nH]c2ncc(-c3cncc([C@H](O)C(=O)N(C)C)c3)cc12. The van der Waals surface area contributed by atoms with Crippen molar-refractivity contribution >= 4 is 16.9 Å². The Morgan fingerprint density at radius 1 is 1.10 bits per heavy atom. The molecule has 2 N–H and O–H groups in total. The number of hydrogen-bond acceptors (Lipinski definition) is 5. The van der Waals surface area contributed by atoms with Gasteiger partial charge in [-0.3, -0.25) is 9.78 Å². The smallest absolute Gasteiger partial charge is 0.255 e. The molecule has 152 valence electrons. The number of methoxy groups -OCH3 is 1. The molecule has 4 aromatic rings. The Morgan fingerprint density at radius 3 is 2.63 bits per heavy atom. The Labute approximate surface area is 174 Å². The molecule has 1 amide bonds. The minimum absolute atomic E-state index is 0.397. The molecule has 1 aromatic carbocycles. The van der Waals surface area contributed by atoms with Crippen molar-refractivity contribution in [1.29, 1.82) is 0 Å². The molecule has 0 bridgehead atoms. The van der Waals surface area contributed by atoms with Crippen LogP contribution >= 0.6 is 0 Å². The highest BCUT2D eigenvalue weighted by molar-refractivity contribution is 5.97. The second-order valence-corrected chi connectivity index (χ2v) is 7.16. The monoisotopic (exact) mass is 402 g/mol. The van der Waals surface area contributed by atoms with E-state index in [1.54, 1.807) is 39.7 Å². The Balaban J connectivity index is 1.78. The highest BCUT2D eigenvalue weighted by Gasteiger charge is 2.20. The van der Waals surface area contributed by atoms with E-state index in [1.165, 1.54) is 11.1 Å². The summed E-state index contributed by atoms with van der Waals surface area (Å²) in [6.07, 6.45) is 5.58. The number of pyridine rings is 2. The minimum Gasteiger partial charge on any atom is -0.496 e. The van der Waals surface area contributed by atoms with Crippen LogP contribution in [0.2, 0.25) is 0 Å². The summed E-state index contributed by atoms with van der Waals surface area (Å²) in [6.45, 7) is 0. The Hall–Kier alpha value is -3.71. The Morgan fingerprint density at radius 2 is 1.87 bits per heavy atom. The molecule has 0 radical (unpaired) electrons. The average molecular weight is 402 g/mol. The number of ether oxygens (including phenoxy) is 1. The Kier molecular flexibility index (Phi) is 5.20. The molecule has 0 unspecified atom stereocenters. The maximum absolute atomic E-state index is 12.1. The third kappa shape index (κ3) is 3.51. The van der Waals surface area contributed by atoms with Crippen molar-refractivity contribution in [1.82, 2.24) is 19.9 Å². The molecule has 0 saturated carbocycles. The molecule has 0 saturated heterocycles. The van der Waals surface area contributed by atoms with Crippen molar-refractivity contribution in [2.24, 2.45) is 0 Å². The number of benzene rings is 1. The van der Waals surface area contributed by atoms with Crippen LogP contribution < -0.4 is 4.74 Å². The maximum atomic E-state index is 12.1. The van der Waals surface area contributed by atoms with Crippen molar-refractivity contribution in [2.45, 2.75) is 6.10 Å². The van der Waals surface area contributed by atoms with E-state index >= 15 is 0 Å². The zero-order chi connectivity index (χ0) is 21.3. The van der Waals surface area contributed by atoms with Gasteiger partial charge in [-0.15, -0.1) is 0 Å². The number of aliphatic hydroxyl groups excluding tert-OH is 1. The first-order valence-corrected chi connectivity index (χ1v) is 9.44. The molecule has 0 spiro atoms. The number of nitrogens with zero attached hydrogens (tertiary/aromatic N) is 3. The third-order valence-electron chi connectivity index (χ3n) is 5.01. The summed E-state index contributed by atoms with van der Waals surface area (Å²) in [4.78, 5) is 25.4. The van der Waals surface area contributed by atoms with Crippen molar-refractivity contribution in [2.75, 3.05) is 21.2 Å². The van der Waals surface area contributed by atoms with E-state index in [4.69, 9.17) is 4.74 Å². The number of amides is 1. The molecule has 7 nitrogen and oxygen atoms in total. The van der Waals surface area contributed by atoms with E-state index < -0.39 is 12.0 Å². The van der Waals surface area contributed by atoms with Gasteiger partial charge in [0.2, 0.25) is 0 Å². The Bertz CT molecular complexity index is 1220. The standard InChI is InChI=1S/C23H22N4O3/c1-27(2)23(29)21(28)16-8-14(10-24-11-16)15-9-18-19(13-26-22(18)25-12-15)17-6-4-5-7-20(17)30-3/h4-13,21,28H,1-3H3,(H,25,26)/t21-/m0/s1. The number of para-hydroxylation sites is 1. The van der Waals surface area contributed by atoms with Gasteiger partial charge in [-0.1, -0.05) is 18.2 Å². The number of hydrogen-bond donors (Lipinski definition) is 2. The number of H-pyrrole nitrogens is 1. The second kappa shape index (κ2) is 7.96. The van der Waals surface area contributed by atoms with Crippen LogP contribution in [0.25, 0.3) is 33.3 Å². The van der Waals surface area contributed by atoms with E-state index in [9.17, 15) is 9.90 Å². The van der Waals surface area contributed by atoms with E-state index in [-0.39, 0.29) is 0 Å². The van der Waals surface area contributed by atoms with E-state index in [1.807, 2.05) is 36.5 Å². The third-order valence-corrected chi connectivity index (χ3v) is 5.01. The molecular weight excluding hydrogens is 380 g/mol. The van der Waals surface area contributed by atoms with Gasteiger partial charge in [-0.2, -0.15) is 0 Å². The van der Waals surface area contributed by atoms with Gasteiger partial charge in [0.15, 0.2) is 6.10 Å². The van der Waals surface area contributed by atoms with Crippen molar-refractivity contribution < 1.29 is 14.6 Å². The predicted octanol–water partition coefficient (Wildman–Crippen LogP) is 3.42. The molecule has 3 aromatic heterocycles. The molecule has 30 heavy (non-hydrogen) atoms. The number of carbonyl (C=O) groups is 1. The molecule has 4 rings (SSSR count). The number of aliphatic hydroxyl groups is 1. The quantitative estimate of drug-likeness (QED) is 0.534. The van der Waals surface area contributed by atoms with Crippen molar-refractivity contribution in [3.63, 3.8) is 0 Å². The summed E-state index contributed by atoms with van der Waals surface area (Å²) >= 11 is 0. The lowest BCUT2D eigenvalue weighted by atomic mass is 10.0. The lowest BCUT2D eigenvalue weighted by Gasteiger charge is -2.16. The predicted molar refractivity (Wildman–Crippen MR) is 115 cm³/mol. The van der Waals surface area contributed by atoms with Gasteiger partial charge in [0.25, 0.3) is 5.91 Å². The van der Waals surface area contributed by atoms with Gasteiger partial charge in [0.05, 0.1) is 7.11 Å². The summed E-state index contributed by atoms with van der Waals surface area (Å²) in [6, 6.07) is 11.6. The maximum Gasteiger partial charge on any atom is 0.255 e. The summed E-state index contributed by atoms with van der Waals surface area (Å²) in [5.41, 5.74) is 4.72. The highest BCUT2D eigenvalue weighted by atomic mass is 16.5. The van der Waals surface area contributed by atoms with Gasteiger partial charge in [-0.25, -0.2) is 4.98 Å². The van der Waals surface area contributed by atoms with Gasteiger partial charge in [0.1, 0.15) is 11.4 Å². The van der Waals surface area contributed by atoms with E-state index in [0.717, 1.165) is 39.0 Å². The highest BCUT2D eigenvalue weighted by Crippen LogP contribution is 2.36. The van der Waals surface area contributed by atoms with E-state index in [2.05, 4.69) is 15.0 Å². The topological polar surface area (TPSA) is 91.3 Å². The fourth-order valence-electron chi connectivity index (χ4n) is 3.40. The van der Waals surface area contributed by atoms with Crippen LogP contribution in [0.1, 0.15) is 11.7 Å². The molecule has 0 aliphatic rings. The summed E-state index contributed by atoms with van der Waals surface area (Å²) in [7, 11) is 4.85. The summed E-state index contributed by atoms with van der Waals surface area (Å²) in [5.74, 6) is 0.379. The van der Waals surface area contributed by atoms with Crippen LogP contribution in [0.3, 0.4) is 0 Å². The van der Waals surface area contributed by atoms with Crippen LogP contribution in [0.5, 0.6) is 5.75 Å². The van der Waals surface area contributed by atoms with E-state index in [0.29, 0.717) is 5.56 Å². The van der Waals surface area contributed by atoms with Crippen molar-refractivity contribution in [3.05, 3.63) is 66.7 Å². The zero-order valence-corrected chi connectivity index (χ0v) is 17.0. The number of carbonyl (C=O) groups excluding carboxylic acids is 1. The second-order valence-electron chi connectivity index (χ2n) is 7.16. The number of aromatic nitrogens is 3. The number of fused-ring (bicyclic) bond motifs is 1. The largest absolute Gasteiger partial charge is 0.496 e. The first-order chi connectivity index (χ1) is 14.5. The fraction of sp³-hybridized carbons (Fsp3) is 0.174. The van der Waals surface area contributed by atoms with Crippen LogP contribution in [0, 0.1) is 0 Å². The van der Waals surface area contributed by atoms with Gasteiger partial charge < -0.3 is 19.7 Å². The molecule has 3 heterocycles. The number of rotatable bonds is 5. The van der Waals surface area contributed by atoms with Crippen molar-refractivity contribution in [3.8, 4) is 28.0 Å². The molecule has 0 aliphatic carbocycles. The lowest BCUT2D eigenvalue weighted by Crippen LogP contribution is -2.28. The molecule has 0 fully saturated rings. The molecule has 0 aliphatic heterocycles. The molecule has 1 atom stereocenters. The van der Waals surface area contributed by atoms with Crippen LogP contribution in [-0.4, -0.2) is 52.1 Å². The van der Waals surface area contributed by atoms with Crippen LogP contribution in [-0.2, 0) is 4.79 Å². The summed E-state index contributed by atoms with van der Waals surface area (Å²) in [5, 5.41) is 11.3. The number of nitrogens with one attached hydrogen (secondary N) is 1. The number of aromatic amines is 1. The van der Waals surface area contributed by atoms with Crippen LogP contribution in [0.15, 0.2) is 61.2 Å². The minimum atomic E-state index is -1.26. The van der Waals surface area contributed by atoms with Gasteiger partial charge in [-0.05, 0) is 18.2 Å². The van der Waals surface area contributed by atoms with Crippen LogP contribution in [0.4, 0.5) is 0 Å². The van der Waals surface area contributed by atoms with Gasteiger partial charge in [0, 0.05) is 72.1 Å². The lowest BCUT2D eigenvalue weighted by molar-refractivity contribution is -0.137. The molecule has 7 heteroatoms. The zero-order valence-electron chi connectivity index (χ0n) is 17.0. The molecular formula is C23H22N4O3. The average Bonchev–Trinajstić information content (AvgIpc) is 3.21. The normalized spacial score (nSPS) is 12.0. The first-order valence-electron chi connectivity index (χ1n) is 9.44. The number of likely N-dealkylation sites (N-methyl/N-ethyl adjacent to an activating group) is 1. The van der Waals surface area contributed by atoms with Gasteiger partial charge >= 0.3 is 0 Å². The summed E-state index contributed by atoms with van der Waals surface area (Å²) < 4.78 is 5.51.